The fraction of sp³-hybridized carbons (Fsp3) is 0.0909. The quantitative estimate of drug-likeness (QED) is 0.772. The normalized spacial score (nSPS) is 10.4. The zero-order valence-corrected chi connectivity index (χ0v) is 10.2. The number of nitrogens with one attached hydrogen (secondary N) is 1. The molecule has 6 nitrogen and oxygen atoms in total. The molecule has 1 N–H and O–H groups in total. The topological polar surface area (TPSA) is 68.5 Å². The molecule has 1 aromatic carbocycles. The number of hydrogen-bond acceptors (Lipinski definition) is 6. The largest absolute Gasteiger partial charge is 0.348 e. The molecule has 0 aliphatic rings. The Labute approximate surface area is 107 Å². The SMILES string of the molecule is c1ccc(-n2nnnc2NCc2cncs2)cc1. The summed E-state index contributed by atoms with van der Waals surface area (Å²) in [7, 11) is 0. The van der Waals surface area contributed by atoms with Gasteiger partial charge in [-0.25, -0.2) is 0 Å². The lowest BCUT2D eigenvalue weighted by molar-refractivity contribution is 0.789. The molecule has 0 aliphatic carbocycles. The Kier molecular flexibility index (Phi) is 2.97. The van der Waals surface area contributed by atoms with E-state index in [1.807, 2.05) is 36.5 Å². The second-order valence-corrected chi connectivity index (χ2v) is 4.54. The molecular formula is C11H10N6S. The van der Waals surface area contributed by atoms with Gasteiger partial charge in [0.05, 0.1) is 17.7 Å². The predicted molar refractivity (Wildman–Crippen MR) is 68.6 cm³/mol. The summed E-state index contributed by atoms with van der Waals surface area (Å²) in [5, 5.41) is 14.8. The molecule has 7 heteroatoms. The summed E-state index contributed by atoms with van der Waals surface area (Å²) >= 11 is 1.59. The fourth-order valence-electron chi connectivity index (χ4n) is 1.54. The van der Waals surface area contributed by atoms with Gasteiger partial charge in [0, 0.05) is 11.1 Å². The number of nitrogens with zero attached hydrogens (tertiary/aromatic N) is 5. The molecule has 0 bridgehead atoms. The Morgan fingerprint density at radius 1 is 1.22 bits per heavy atom. The Morgan fingerprint density at radius 3 is 2.89 bits per heavy atom. The fourth-order valence-corrected chi connectivity index (χ4v) is 2.07. The van der Waals surface area contributed by atoms with Crippen molar-refractivity contribution in [2.24, 2.45) is 0 Å². The maximum Gasteiger partial charge on any atom is 0.248 e. The van der Waals surface area contributed by atoms with Crippen LogP contribution in [0.25, 0.3) is 5.69 Å². The molecule has 3 rings (SSSR count). The van der Waals surface area contributed by atoms with Crippen LogP contribution in [0.4, 0.5) is 5.95 Å². The van der Waals surface area contributed by atoms with Crippen LogP contribution in [0.5, 0.6) is 0 Å². The van der Waals surface area contributed by atoms with Crippen LogP contribution in [0.3, 0.4) is 0 Å². The van der Waals surface area contributed by atoms with Crippen molar-refractivity contribution in [3.05, 3.63) is 46.9 Å². The van der Waals surface area contributed by atoms with E-state index < -0.39 is 0 Å². The van der Waals surface area contributed by atoms with Crippen LogP contribution in [-0.4, -0.2) is 25.2 Å². The first-order valence-electron chi connectivity index (χ1n) is 5.38. The van der Waals surface area contributed by atoms with Crippen LogP contribution < -0.4 is 5.32 Å². The van der Waals surface area contributed by atoms with Gasteiger partial charge in [0.15, 0.2) is 0 Å². The zero-order valence-electron chi connectivity index (χ0n) is 9.39. The molecule has 0 fully saturated rings. The number of para-hydroxylation sites is 1. The minimum absolute atomic E-state index is 0.620. The van der Waals surface area contributed by atoms with E-state index in [-0.39, 0.29) is 0 Å². The summed E-state index contributed by atoms with van der Waals surface area (Å²) in [6.45, 7) is 0.665. The van der Waals surface area contributed by atoms with Crippen LogP contribution in [-0.2, 0) is 6.54 Å². The number of hydrogen-bond donors (Lipinski definition) is 1. The van der Waals surface area contributed by atoms with Crippen molar-refractivity contribution in [3.63, 3.8) is 0 Å². The van der Waals surface area contributed by atoms with Gasteiger partial charge in [-0.2, -0.15) is 4.68 Å². The van der Waals surface area contributed by atoms with E-state index in [9.17, 15) is 0 Å². The molecule has 0 saturated carbocycles. The first kappa shape index (κ1) is 10.8. The lowest BCUT2D eigenvalue weighted by Crippen LogP contribution is -2.06. The van der Waals surface area contributed by atoms with E-state index in [2.05, 4.69) is 25.8 Å². The molecule has 2 aromatic heterocycles. The highest BCUT2D eigenvalue weighted by Crippen LogP contribution is 2.12. The van der Waals surface area contributed by atoms with Crippen LogP contribution in [0.15, 0.2) is 42.0 Å². The van der Waals surface area contributed by atoms with Crippen molar-refractivity contribution in [1.29, 1.82) is 0 Å². The average Bonchev–Trinajstić information content (AvgIpc) is 3.09. The van der Waals surface area contributed by atoms with Crippen molar-refractivity contribution in [3.8, 4) is 5.69 Å². The molecular weight excluding hydrogens is 248 g/mol. The standard InChI is InChI=1S/C11H10N6S/c1-2-4-9(5-3-1)17-11(14-15-16-17)13-7-10-6-12-8-18-10/h1-6,8H,7H2,(H,13,14,16). The van der Waals surface area contributed by atoms with E-state index in [4.69, 9.17) is 0 Å². The number of thiazole rings is 1. The lowest BCUT2D eigenvalue weighted by Gasteiger charge is -2.05. The number of tetrazole rings is 1. The van der Waals surface area contributed by atoms with Crippen molar-refractivity contribution in [2.45, 2.75) is 6.54 Å². The van der Waals surface area contributed by atoms with E-state index in [1.54, 1.807) is 21.5 Å². The highest BCUT2D eigenvalue weighted by Gasteiger charge is 2.07. The summed E-state index contributed by atoms with van der Waals surface area (Å²) in [6, 6.07) is 9.76. The third-order valence-electron chi connectivity index (χ3n) is 2.37. The van der Waals surface area contributed by atoms with E-state index >= 15 is 0 Å². The van der Waals surface area contributed by atoms with Gasteiger partial charge in [-0.05, 0) is 22.6 Å². The zero-order chi connectivity index (χ0) is 12.2. The molecule has 90 valence electrons. The van der Waals surface area contributed by atoms with Gasteiger partial charge in [-0.3, -0.25) is 4.98 Å². The van der Waals surface area contributed by atoms with E-state index in [0.29, 0.717) is 12.5 Å². The van der Waals surface area contributed by atoms with Crippen molar-refractivity contribution < 1.29 is 0 Å². The molecule has 0 amide bonds. The van der Waals surface area contributed by atoms with E-state index in [1.165, 1.54) is 0 Å². The number of benzene rings is 1. The smallest absolute Gasteiger partial charge is 0.248 e. The van der Waals surface area contributed by atoms with Crippen molar-refractivity contribution in [1.82, 2.24) is 25.2 Å². The monoisotopic (exact) mass is 258 g/mol. The predicted octanol–water partition coefficient (Wildman–Crippen LogP) is 1.73. The van der Waals surface area contributed by atoms with Crippen molar-refractivity contribution >= 4 is 17.3 Å². The summed E-state index contributed by atoms with van der Waals surface area (Å²) in [5.41, 5.74) is 2.73. The first-order chi connectivity index (χ1) is 8.93. The molecule has 0 spiro atoms. The Morgan fingerprint density at radius 2 is 2.11 bits per heavy atom. The molecule has 3 aromatic rings. The van der Waals surface area contributed by atoms with Gasteiger partial charge in [0.1, 0.15) is 0 Å². The molecule has 2 heterocycles. The Hall–Kier alpha value is -2.28. The van der Waals surface area contributed by atoms with Crippen LogP contribution in [0, 0.1) is 0 Å². The first-order valence-corrected chi connectivity index (χ1v) is 6.26. The molecule has 0 saturated heterocycles. The van der Waals surface area contributed by atoms with Gasteiger partial charge in [-0.15, -0.1) is 11.3 Å². The molecule has 0 atom stereocenters. The van der Waals surface area contributed by atoms with Gasteiger partial charge in [-0.1, -0.05) is 23.3 Å². The van der Waals surface area contributed by atoms with Crippen LogP contribution >= 0.6 is 11.3 Å². The molecule has 18 heavy (non-hydrogen) atoms. The van der Waals surface area contributed by atoms with Crippen molar-refractivity contribution in [2.75, 3.05) is 5.32 Å². The molecule has 0 unspecified atom stereocenters. The third-order valence-corrected chi connectivity index (χ3v) is 3.15. The number of anilines is 1. The maximum absolute atomic E-state index is 4.02. The van der Waals surface area contributed by atoms with Gasteiger partial charge < -0.3 is 5.32 Å². The molecule has 0 aliphatic heterocycles. The van der Waals surface area contributed by atoms with Gasteiger partial charge in [0.2, 0.25) is 5.95 Å². The Balaban J connectivity index is 1.80. The Bertz CT molecular complexity index is 604. The second-order valence-electron chi connectivity index (χ2n) is 3.57. The molecule has 0 radical (unpaired) electrons. The number of rotatable bonds is 4. The summed E-state index contributed by atoms with van der Waals surface area (Å²) in [5.74, 6) is 0.620. The third kappa shape index (κ3) is 2.21. The van der Waals surface area contributed by atoms with Gasteiger partial charge in [0.25, 0.3) is 0 Å². The van der Waals surface area contributed by atoms with Crippen LogP contribution in [0.2, 0.25) is 0 Å². The van der Waals surface area contributed by atoms with Crippen LogP contribution in [0.1, 0.15) is 4.88 Å². The average molecular weight is 258 g/mol. The highest BCUT2D eigenvalue weighted by atomic mass is 32.1. The van der Waals surface area contributed by atoms with E-state index in [0.717, 1.165) is 10.6 Å². The minimum Gasteiger partial charge on any atom is -0.348 e. The summed E-state index contributed by atoms with van der Waals surface area (Å²) in [6.07, 6.45) is 1.83. The maximum atomic E-state index is 4.02. The number of aromatic nitrogens is 5. The summed E-state index contributed by atoms with van der Waals surface area (Å²) in [4.78, 5) is 5.16. The van der Waals surface area contributed by atoms with Gasteiger partial charge >= 0.3 is 0 Å². The highest BCUT2D eigenvalue weighted by molar-refractivity contribution is 7.09. The summed E-state index contributed by atoms with van der Waals surface area (Å²) < 4.78 is 1.67. The lowest BCUT2D eigenvalue weighted by atomic mass is 10.3. The second kappa shape index (κ2) is 4.92. The minimum atomic E-state index is 0.620.